The molecule has 1 aromatic carbocycles. The van der Waals surface area contributed by atoms with E-state index in [4.69, 9.17) is 23.2 Å². The molecule has 104 valence electrons. The van der Waals surface area contributed by atoms with Crippen molar-refractivity contribution in [1.82, 2.24) is 5.32 Å². The van der Waals surface area contributed by atoms with E-state index in [0.717, 1.165) is 53.2 Å². The SMILES string of the molecule is C=C(Cl)C1=C(C)CCc2c3c(cc(Cl)c21)C(=C)NCC3. The lowest BCUT2D eigenvalue weighted by atomic mass is 9.80. The molecule has 0 spiro atoms. The molecule has 0 fully saturated rings. The predicted molar refractivity (Wildman–Crippen MR) is 88.1 cm³/mol. The van der Waals surface area contributed by atoms with Crippen molar-refractivity contribution in [2.45, 2.75) is 26.2 Å². The molecular weight excluding hydrogens is 289 g/mol. The van der Waals surface area contributed by atoms with E-state index in [9.17, 15) is 0 Å². The standard InChI is InChI=1S/C17H17Cl2N/c1-9-4-5-13-12-6-7-20-11(3)14(12)8-15(19)17(13)16(9)10(2)18/h8,20H,2-7H2,1H3. The van der Waals surface area contributed by atoms with Crippen LogP contribution in [-0.4, -0.2) is 6.54 Å². The summed E-state index contributed by atoms with van der Waals surface area (Å²) in [4.78, 5) is 0. The summed E-state index contributed by atoms with van der Waals surface area (Å²) in [5.41, 5.74) is 8.21. The largest absolute Gasteiger partial charge is 0.385 e. The molecule has 20 heavy (non-hydrogen) atoms. The van der Waals surface area contributed by atoms with E-state index in [-0.39, 0.29) is 0 Å². The van der Waals surface area contributed by atoms with Crippen molar-refractivity contribution in [3.05, 3.63) is 57.1 Å². The van der Waals surface area contributed by atoms with Crippen LogP contribution in [0.1, 0.15) is 35.6 Å². The van der Waals surface area contributed by atoms with Crippen molar-refractivity contribution in [3.63, 3.8) is 0 Å². The molecule has 0 saturated heterocycles. The van der Waals surface area contributed by atoms with E-state index in [2.05, 4.69) is 25.4 Å². The molecule has 0 radical (unpaired) electrons. The average Bonchev–Trinajstić information content (AvgIpc) is 2.40. The first-order chi connectivity index (χ1) is 9.50. The lowest BCUT2D eigenvalue weighted by Crippen LogP contribution is -2.24. The van der Waals surface area contributed by atoms with Gasteiger partial charge in [-0.3, -0.25) is 0 Å². The van der Waals surface area contributed by atoms with Gasteiger partial charge in [-0.25, -0.2) is 0 Å². The van der Waals surface area contributed by atoms with E-state index >= 15 is 0 Å². The summed E-state index contributed by atoms with van der Waals surface area (Å²) in [6.45, 7) is 11.0. The Morgan fingerprint density at radius 3 is 2.70 bits per heavy atom. The molecule has 3 rings (SSSR count). The lowest BCUT2D eigenvalue weighted by Gasteiger charge is -2.30. The van der Waals surface area contributed by atoms with Crippen molar-refractivity contribution >= 4 is 34.5 Å². The fraction of sp³-hybridized carbons (Fsp3) is 0.294. The van der Waals surface area contributed by atoms with Crippen LogP contribution in [0.15, 0.2) is 29.8 Å². The molecule has 0 bridgehead atoms. The monoisotopic (exact) mass is 305 g/mol. The number of fused-ring (bicyclic) bond motifs is 3. The first-order valence-corrected chi connectivity index (χ1v) is 7.58. The van der Waals surface area contributed by atoms with Gasteiger partial charge in [0.15, 0.2) is 0 Å². The summed E-state index contributed by atoms with van der Waals surface area (Å²) < 4.78 is 0. The summed E-state index contributed by atoms with van der Waals surface area (Å²) >= 11 is 12.8. The smallest absolute Gasteiger partial charge is 0.0494 e. The fourth-order valence-electron chi connectivity index (χ4n) is 3.30. The normalized spacial score (nSPS) is 17.4. The summed E-state index contributed by atoms with van der Waals surface area (Å²) in [5.74, 6) is 0. The number of rotatable bonds is 1. The van der Waals surface area contributed by atoms with Gasteiger partial charge in [0.1, 0.15) is 0 Å². The van der Waals surface area contributed by atoms with E-state index in [1.807, 2.05) is 6.07 Å². The fourth-order valence-corrected chi connectivity index (χ4v) is 3.87. The van der Waals surface area contributed by atoms with Crippen molar-refractivity contribution in [3.8, 4) is 0 Å². The lowest BCUT2D eigenvalue weighted by molar-refractivity contribution is 0.791. The predicted octanol–water partition coefficient (Wildman–Crippen LogP) is 4.93. The quantitative estimate of drug-likeness (QED) is 0.776. The highest BCUT2D eigenvalue weighted by Crippen LogP contribution is 2.44. The molecule has 1 aliphatic heterocycles. The zero-order valence-electron chi connectivity index (χ0n) is 11.6. The average molecular weight is 306 g/mol. The van der Waals surface area contributed by atoms with Gasteiger partial charge in [-0.2, -0.15) is 0 Å². The van der Waals surface area contributed by atoms with Gasteiger partial charge in [-0.1, -0.05) is 41.9 Å². The van der Waals surface area contributed by atoms with Crippen molar-refractivity contribution in [2.24, 2.45) is 0 Å². The minimum atomic E-state index is 0.582. The zero-order chi connectivity index (χ0) is 14.4. The Bertz CT molecular complexity index is 668. The maximum absolute atomic E-state index is 6.55. The van der Waals surface area contributed by atoms with Crippen LogP contribution in [0.25, 0.3) is 11.3 Å². The maximum atomic E-state index is 6.55. The molecule has 1 aromatic rings. The van der Waals surface area contributed by atoms with Gasteiger partial charge in [0, 0.05) is 39.0 Å². The second-order valence-corrected chi connectivity index (χ2v) is 6.32. The number of nitrogens with one attached hydrogen (secondary N) is 1. The molecule has 3 heteroatoms. The van der Waals surface area contributed by atoms with Crippen LogP contribution < -0.4 is 5.32 Å². The van der Waals surface area contributed by atoms with E-state index in [1.165, 1.54) is 16.7 Å². The molecule has 1 heterocycles. The van der Waals surface area contributed by atoms with Crippen LogP contribution in [0.3, 0.4) is 0 Å². The van der Waals surface area contributed by atoms with Crippen LogP contribution in [0.4, 0.5) is 0 Å². The summed E-state index contributed by atoms with van der Waals surface area (Å²) in [6.07, 6.45) is 3.04. The third-order valence-electron chi connectivity index (χ3n) is 4.24. The van der Waals surface area contributed by atoms with Crippen LogP contribution in [0.5, 0.6) is 0 Å². The highest BCUT2D eigenvalue weighted by atomic mass is 35.5. The molecule has 0 unspecified atom stereocenters. The molecule has 0 amide bonds. The highest BCUT2D eigenvalue weighted by molar-refractivity contribution is 6.39. The van der Waals surface area contributed by atoms with Gasteiger partial charge in [0.25, 0.3) is 0 Å². The molecule has 2 aliphatic rings. The Balaban J connectivity index is 2.32. The van der Waals surface area contributed by atoms with Gasteiger partial charge >= 0.3 is 0 Å². The van der Waals surface area contributed by atoms with Gasteiger partial charge in [-0.15, -0.1) is 0 Å². The first kappa shape index (κ1) is 13.8. The molecule has 1 nitrogen and oxygen atoms in total. The minimum absolute atomic E-state index is 0.582. The second kappa shape index (κ2) is 4.98. The number of allylic oxidation sites excluding steroid dienone is 3. The molecule has 0 atom stereocenters. The van der Waals surface area contributed by atoms with Gasteiger partial charge in [0.2, 0.25) is 0 Å². The van der Waals surface area contributed by atoms with Gasteiger partial charge in [-0.05, 0) is 43.4 Å². The molecule has 0 saturated carbocycles. The molecular formula is C17H17Cl2N. The highest BCUT2D eigenvalue weighted by Gasteiger charge is 2.27. The van der Waals surface area contributed by atoms with Crippen molar-refractivity contribution in [1.29, 1.82) is 0 Å². The van der Waals surface area contributed by atoms with E-state index < -0.39 is 0 Å². The van der Waals surface area contributed by atoms with Crippen molar-refractivity contribution < 1.29 is 0 Å². The Morgan fingerprint density at radius 1 is 1.25 bits per heavy atom. The number of hydrogen-bond acceptors (Lipinski definition) is 1. The van der Waals surface area contributed by atoms with Gasteiger partial charge < -0.3 is 5.32 Å². The summed E-state index contributed by atoms with van der Waals surface area (Å²) in [6, 6.07) is 2.02. The van der Waals surface area contributed by atoms with Crippen molar-refractivity contribution in [2.75, 3.05) is 6.54 Å². The Labute approximate surface area is 130 Å². The van der Waals surface area contributed by atoms with Crippen LogP contribution in [0, 0.1) is 0 Å². The Hall–Kier alpha value is -1.18. The topological polar surface area (TPSA) is 12.0 Å². The minimum Gasteiger partial charge on any atom is -0.385 e. The summed E-state index contributed by atoms with van der Waals surface area (Å²) in [5, 5.41) is 4.64. The van der Waals surface area contributed by atoms with Crippen LogP contribution in [0.2, 0.25) is 5.02 Å². The Kier molecular flexibility index (Phi) is 3.43. The third-order valence-corrected chi connectivity index (χ3v) is 4.72. The Morgan fingerprint density at radius 2 is 2.00 bits per heavy atom. The summed E-state index contributed by atoms with van der Waals surface area (Å²) in [7, 11) is 0. The number of halogens is 2. The van der Waals surface area contributed by atoms with E-state index in [0.29, 0.717) is 5.03 Å². The molecule has 1 N–H and O–H groups in total. The number of hydrogen-bond donors (Lipinski definition) is 1. The first-order valence-electron chi connectivity index (χ1n) is 6.83. The molecule has 0 aromatic heterocycles. The third kappa shape index (κ3) is 2.01. The van der Waals surface area contributed by atoms with Crippen LogP contribution in [-0.2, 0) is 12.8 Å². The molecule has 1 aliphatic carbocycles. The van der Waals surface area contributed by atoms with E-state index in [1.54, 1.807) is 0 Å². The zero-order valence-corrected chi connectivity index (χ0v) is 13.1. The number of benzene rings is 1. The van der Waals surface area contributed by atoms with Gasteiger partial charge in [0.05, 0.1) is 0 Å². The van der Waals surface area contributed by atoms with Crippen LogP contribution >= 0.6 is 23.2 Å². The second-order valence-electron chi connectivity index (χ2n) is 5.45. The maximum Gasteiger partial charge on any atom is 0.0494 e.